The molecular formula is C24H24ClN3. The smallest absolute Gasteiger partial charge is 0.0731 e. The van der Waals surface area contributed by atoms with Gasteiger partial charge in [-0.25, -0.2) is 4.98 Å². The number of pyridine rings is 1. The third kappa shape index (κ3) is 3.63. The molecule has 1 saturated heterocycles. The van der Waals surface area contributed by atoms with Crippen LogP contribution < -0.4 is 0 Å². The van der Waals surface area contributed by atoms with Crippen LogP contribution in [0.15, 0.2) is 73.5 Å². The molecule has 0 atom stereocenters. The summed E-state index contributed by atoms with van der Waals surface area (Å²) in [6.45, 7) is 14.3. The van der Waals surface area contributed by atoms with Crippen molar-refractivity contribution in [2.45, 2.75) is 6.92 Å². The maximum atomic E-state index is 6.55. The average molecular weight is 390 g/mol. The molecule has 142 valence electrons. The first-order valence-electron chi connectivity index (χ1n) is 9.53. The van der Waals surface area contributed by atoms with E-state index in [0.717, 1.165) is 70.3 Å². The fraction of sp³-hybridized carbons (Fsp3) is 0.208. The summed E-state index contributed by atoms with van der Waals surface area (Å²) < 4.78 is 0. The van der Waals surface area contributed by atoms with Gasteiger partial charge in [0.15, 0.2) is 0 Å². The molecule has 3 aromatic rings. The van der Waals surface area contributed by atoms with Crippen LogP contribution in [0, 0.1) is 0 Å². The Balaban J connectivity index is 1.64. The zero-order valence-electron chi connectivity index (χ0n) is 16.2. The summed E-state index contributed by atoms with van der Waals surface area (Å²) in [4.78, 5) is 9.52. The predicted molar refractivity (Wildman–Crippen MR) is 119 cm³/mol. The molecule has 0 bridgehead atoms. The van der Waals surface area contributed by atoms with Crippen molar-refractivity contribution < 1.29 is 0 Å². The Labute approximate surface area is 171 Å². The van der Waals surface area contributed by atoms with E-state index in [4.69, 9.17) is 16.6 Å². The zero-order valence-corrected chi connectivity index (χ0v) is 16.9. The third-order valence-electron chi connectivity index (χ3n) is 5.36. The van der Waals surface area contributed by atoms with Crippen molar-refractivity contribution in [3.8, 4) is 11.3 Å². The van der Waals surface area contributed by atoms with Crippen LogP contribution in [0.2, 0.25) is 5.02 Å². The molecule has 1 aromatic heterocycles. The van der Waals surface area contributed by atoms with Gasteiger partial charge in [0, 0.05) is 48.5 Å². The lowest BCUT2D eigenvalue weighted by Crippen LogP contribution is -2.44. The van der Waals surface area contributed by atoms with Crippen molar-refractivity contribution in [2.24, 2.45) is 0 Å². The molecule has 2 aromatic carbocycles. The van der Waals surface area contributed by atoms with Crippen molar-refractivity contribution in [3.63, 3.8) is 0 Å². The summed E-state index contributed by atoms with van der Waals surface area (Å²) in [5.74, 6) is 0. The number of piperazine rings is 1. The number of aromatic nitrogens is 1. The molecule has 1 fully saturated rings. The maximum absolute atomic E-state index is 6.55. The molecule has 28 heavy (non-hydrogen) atoms. The van der Waals surface area contributed by atoms with Crippen molar-refractivity contribution in [3.05, 3.63) is 84.0 Å². The molecule has 0 aliphatic carbocycles. The fourth-order valence-electron chi connectivity index (χ4n) is 3.66. The zero-order chi connectivity index (χ0) is 19.7. The van der Waals surface area contributed by atoms with Crippen molar-refractivity contribution >= 4 is 28.2 Å². The third-order valence-corrected chi connectivity index (χ3v) is 5.68. The number of benzene rings is 2. The molecule has 1 aliphatic heterocycles. The second kappa shape index (κ2) is 7.69. The van der Waals surface area contributed by atoms with Crippen LogP contribution in [-0.4, -0.2) is 41.0 Å². The summed E-state index contributed by atoms with van der Waals surface area (Å²) >= 11 is 6.55. The van der Waals surface area contributed by atoms with Gasteiger partial charge < -0.3 is 9.80 Å². The SMILES string of the molecule is C=C(C)N1CCN(C(=C)c2ccc3c(Cl)cc(-c4ccccc4)nc3c2)CC1. The van der Waals surface area contributed by atoms with E-state index in [9.17, 15) is 0 Å². The van der Waals surface area contributed by atoms with Gasteiger partial charge in [-0.2, -0.15) is 0 Å². The molecule has 0 spiro atoms. The molecule has 1 aliphatic rings. The van der Waals surface area contributed by atoms with Gasteiger partial charge in [0.1, 0.15) is 0 Å². The first-order valence-corrected chi connectivity index (χ1v) is 9.91. The minimum atomic E-state index is 0.719. The summed E-state index contributed by atoms with van der Waals surface area (Å²) in [7, 11) is 0. The summed E-state index contributed by atoms with van der Waals surface area (Å²) in [6, 6.07) is 18.3. The Morgan fingerprint density at radius 2 is 1.61 bits per heavy atom. The molecule has 2 heterocycles. The molecule has 4 heteroatoms. The van der Waals surface area contributed by atoms with Crippen LogP contribution in [0.1, 0.15) is 12.5 Å². The molecule has 0 amide bonds. The molecule has 0 unspecified atom stereocenters. The highest BCUT2D eigenvalue weighted by atomic mass is 35.5. The Morgan fingerprint density at radius 1 is 0.929 bits per heavy atom. The van der Waals surface area contributed by atoms with Crippen molar-refractivity contribution in [2.75, 3.05) is 26.2 Å². The fourth-order valence-corrected chi connectivity index (χ4v) is 3.93. The first kappa shape index (κ1) is 18.6. The lowest BCUT2D eigenvalue weighted by Gasteiger charge is -2.38. The summed E-state index contributed by atoms with van der Waals surface area (Å²) in [5, 5.41) is 1.68. The Kier molecular flexibility index (Phi) is 5.10. The number of rotatable bonds is 4. The Morgan fingerprint density at radius 3 is 2.29 bits per heavy atom. The first-order chi connectivity index (χ1) is 13.5. The van der Waals surface area contributed by atoms with Gasteiger partial charge in [-0.1, -0.05) is 67.2 Å². The van der Waals surface area contributed by atoms with Crippen LogP contribution in [-0.2, 0) is 0 Å². The highest BCUT2D eigenvalue weighted by Crippen LogP contribution is 2.30. The number of hydrogen-bond acceptors (Lipinski definition) is 3. The topological polar surface area (TPSA) is 19.4 Å². The van der Waals surface area contributed by atoms with Gasteiger partial charge in [0.25, 0.3) is 0 Å². The van der Waals surface area contributed by atoms with E-state index in [0.29, 0.717) is 0 Å². The minimum absolute atomic E-state index is 0.719. The largest absolute Gasteiger partial charge is 0.372 e. The quantitative estimate of drug-likeness (QED) is 0.572. The van der Waals surface area contributed by atoms with E-state index in [2.05, 4.69) is 42.0 Å². The van der Waals surface area contributed by atoms with E-state index in [1.54, 1.807) is 0 Å². The second-order valence-electron chi connectivity index (χ2n) is 7.24. The molecule has 0 N–H and O–H groups in total. The number of halogens is 1. The molecular weight excluding hydrogens is 366 g/mol. The molecule has 0 saturated carbocycles. The van der Waals surface area contributed by atoms with Crippen LogP contribution >= 0.6 is 11.6 Å². The van der Waals surface area contributed by atoms with Gasteiger partial charge in [-0.3, -0.25) is 0 Å². The molecule has 3 nitrogen and oxygen atoms in total. The molecule has 0 radical (unpaired) electrons. The van der Waals surface area contributed by atoms with Gasteiger partial charge >= 0.3 is 0 Å². The highest BCUT2D eigenvalue weighted by molar-refractivity contribution is 6.35. The van der Waals surface area contributed by atoms with E-state index in [-0.39, 0.29) is 0 Å². The Hall–Kier alpha value is -2.78. The van der Waals surface area contributed by atoms with Crippen molar-refractivity contribution in [1.82, 2.24) is 14.8 Å². The standard InChI is InChI=1S/C24H24ClN3/c1-17(2)27-11-13-28(14-12-27)18(3)20-9-10-21-22(25)16-23(26-24(21)15-20)19-7-5-4-6-8-19/h4-10,15-16H,1,3,11-14H2,2H3. The number of hydrogen-bond donors (Lipinski definition) is 0. The van der Waals surface area contributed by atoms with Crippen molar-refractivity contribution in [1.29, 1.82) is 0 Å². The predicted octanol–water partition coefficient (Wildman–Crippen LogP) is 5.68. The van der Waals surface area contributed by atoms with Gasteiger partial charge in [0.2, 0.25) is 0 Å². The normalized spacial score (nSPS) is 14.4. The number of fused-ring (bicyclic) bond motifs is 1. The number of allylic oxidation sites excluding steroid dienone is 1. The summed E-state index contributed by atoms with van der Waals surface area (Å²) in [5.41, 5.74) is 6.09. The maximum Gasteiger partial charge on any atom is 0.0731 e. The van der Waals surface area contributed by atoms with E-state index < -0.39 is 0 Å². The van der Waals surface area contributed by atoms with Crippen LogP contribution in [0.3, 0.4) is 0 Å². The Bertz CT molecular complexity index is 1030. The van der Waals surface area contributed by atoms with E-state index >= 15 is 0 Å². The van der Waals surface area contributed by atoms with Crippen LogP contribution in [0.4, 0.5) is 0 Å². The second-order valence-corrected chi connectivity index (χ2v) is 7.65. The number of nitrogens with zero attached hydrogens (tertiary/aromatic N) is 3. The monoisotopic (exact) mass is 389 g/mol. The summed E-state index contributed by atoms with van der Waals surface area (Å²) in [6.07, 6.45) is 0. The van der Waals surface area contributed by atoms with Crippen LogP contribution in [0.5, 0.6) is 0 Å². The average Bonchev–Trinajstić information content (AvgIpc) is 2.73. The van der Waals surface area contributed by atoms with Gasteiger partial charge in [-0.15, -0.1) is 0 Å². The minimum Gasteiger partial charge on any atom is -0.372 e. The van der Waals surface area contributed by atoms with Gasteiger partial charge in [0.05, 0.1) is 16.2 Å². The van der Waals surface area contributed by atoms with E-state index in [1.165, 1.54) is 0 Å². The highest BCUT2D eigenvalue weighted by Gasteiger charge is 2.18. The molecule has 4 rings (SSSR count). The van der Waals surface area contributed by atoms with E-state index in [1.807, 2.05) is 42.5 Å². The lowest BCUT2D eigenvalue weighted by molar-refractivity contribution is 0.215. The lowest BCUT2D eigenvalue weighted by atomic mass is 10.1. The van der Waals surface area contributed by atoms with Gasteiger partial charge in [-0.05, 0) is 24.6 Å². The van der Waals surface area contributed by atoms with Crippen LogP contribution in [0.25, 0.3) is 27.9 Å².